The van der Waals surface area contributed by atoms with Crippen molar-refractivity contribution >= 4 is 11.6 Å². The second-order valence-corrected chi connectivity index (χ2v) is 10.2. The summed E-state index contributed by atoms with van der Waals surface area (Å²) in [6.45, 7) is 6.35. The lowest BCUT2D eigenvalue weighted by atomic mass is 9.42. The van der Waals surface area contributed by atoms with E-state index in [9.17, 15) is 4.79 Å². The number of amides is 1. The molecule has 28 heavy (non-hydrogen) atoms. The van der Waals surface area contributed by atoms with Gasteiger partial charge in [0.05, 0.1) is 5.41 Å². The van der Waals surface area contributed by atoms with Gasteiger partial charge in [-0.1, -0.05) is 47.5 Å². The molecule has 2 nitrogen and oxygen atoms in total. The highest BCUT2D eigenvalue weighted by Crippen LogP contribution is 2.66. The summed E-state index contributed by atoms with van der Waals surface area (Å²) < 4.78 is 0. The molecule has 0 aromatic heterocycles. The van der Waals surface area contributed by atoms with Crippen molar-refractivity contribution in [3.8, 4) is 0 Å². The summed E-state index contributed by atoms with van der Waals surface area (Å²) in [5.41, 5.74) is 6.18. The molecule has 4 atom stereocenters. The highest BCUT2D eigenvalue weighted by molar-refractivity contribution is 5.96. The Morgan fingerprint density at radius 2 is 1.54 bits per heavy atom. The second-order valence-electron chi connectivity index (χ2n) is 10.2. The molecule has 0 spiro atoms. The van der Waals surface area contributed by atoms with Gasteiger partial charge in [0.25, 0.3) is 0 Å². The number of benzene rings is 2. The Hall–Kier alpha value is -2.09. The summed E-state index contributed by atoms with van der Waals surface area (Å²) >= 11 is 0. The molecule has 1 N–H and O–H groups in total. The Labute approximate surface area is 168 Å². The second kappa shape index (κ2) is 6.20. The van der Waals surface area contributed by atoms with Gasteiger partial charge in [-0.15, -0.1) is 0 Å². The van der Waals surface area contributed by atoms with E-state index in [1.165, 1.54) is 36.0 Å². The van der Waals surface area contributed by atoms with Crippen LogP contribution in [0.1, 0.15) is 60.8 Å². The largest absolute Gasteiger partial charge is 0.325 e. The van der Waals surface area contributed by atoms with E-state index < -0.39 is 0 Å². The standard InChI is InChI=1S/C26H31NO/c1-17-4-7-22(8-5-17)25-12-20-11-21(13-25)15-26(14-20,16-25)24(28)27-23-9-6-18(2)10-19(23)3/h4-10,20-21H,11-16H2,1-3H3,(H,27,28)/t20-,21+,25?,26?. The predicted octanol–water partition coefficient (Wildman–Crippen LogP) is 6.09. The van der Waals surface area contributed by atoms with Crippen molar-refractivity contribution in [2.45, 2.75) is 64.7 Å². The monoisotopic (exact) mass is 373 g/mol. The molecule has 6 rings (SSSR count). The van der Waals surface area contributed by atoms with E-state index in [-0.39, 0.29) is 16.7 Å². The Bertz CT molecular complexity index is 912. The SMILES string of the molecule is Cc1ccc(C23C[C@@H]4C[C@@H](CC(C(=O)Nc5ccc(C)cc5C)(C4)C2)C3)cc1. The number of carbonyl (C=O) groups excluding carboxylic acids is 1. The number of anilines is 1. The number of hydrogen-bond acceptors (Lipinski definition) is 1. The summed E-state index contributed by atoms with van der Waals surface area (Å²) in [4.78, 5) is 13.6. The van der Waals surface area contributed by atoms with Crippen LogP contribution in [0.5, 0.6) is 0 Å². The van der Waals surface area contributed by atoms with Gasteiger partial charge in [-0.2, -0.15) is 0 Å². The van der Waals surface area contributed by atoms with E-state index in [1.54, 1.807) is 0 Å². The van der Waals surface area contributed by atoms with E-state index in [4.69, 9.17) is 0 Å². The fraction of sp³-hybridized carbons (Fsp3) is 0.500. The van der Waals surface area contributed by atoms with E-state index in [1.807, 2.05) is 0 Å². The fourth-order valence-corrected chi connectivity index (χ4v) is 6.98. The van der Waals surface area contributed by atoms with Crippen molar-refractivity contribution in [2.24, 2.45) is 17.3 Å². The average Bonchev–Trinajstić information content (AvgIpc) is 2.63. The van der Waals surface area contributed by atoms with Crippen molar-refractivity contribution in [1.29, 1.82) is 0 Å². The van der Waals surface area contributed by atoms with Crippen LogP contribution < -0.4 is 5.32 Å². The molecule has 2 unspecified atom stereocenters. The summed E-state index contributed by atoms with van der Waals surface area (Å²) in [5, 5.41) is 3.33. The van der Waals surface area contributed by atoms with Gasteiger partial charge in [0.15, 0.2) is 0 Å². The maximum absolute atomic E-state index is 13.6. The molecule has 0 aliphatic heterocycles. The molecule has 4 saturated carbocycles. The highest BCUT2D eigenvalue weighted by Gasteiger charge is 2.60. The van der Waals surface area contributed by atoms with Crippen LogP contribution >= 0.6 is 0 Å². The minimum Gasteiger partial charge on any atom is -0.325 e. The van der Waals surface area contributed by atoms with Crippen LogP contribution in [0.25, 0.3) is 0 Å². The summed E-state index contributed by atoms with van der Waals surface area (Å²) in [6, 6.07) is 15.5. The lowest BCUT2D eigenvalue weighted by molar-refractivity contribution is -0.143. The van der Waals surface area contributed by atoms with Gasteiger partial charge in [-0.3, -0.25) is 4.79 Å². The third kappa shape index (κ3) is 2.80. The number of nitrogens with one attached hydrogen (secondary N) is 1. The van der Waals surface area contributed by atoms with Crippen molar-refractivity contribution in [3.63, 3.8) is 0 Å². The van der Waals surface area contributed by atoms with Crippen LogP contribution in [0.3, 0.4) is 0 Å². The number of rotatable bonds is 3. The van der Waals surface area contributed by atoms with E-state index in [0.29, 0.717) is 11.8 Å². The summed E-state index contributed by atoms with van der Waals surface area (Å²) in [5.74, 6) is 1.67. The lowest BCUT2D eigenvalue weighted by Gasteiger charge is -2.61. The van der Waals surface area contributed by atoms with Crippen molar-refractivity contribution in [1.82, 2.24) is 0 Å². The Morgan fingerprint density at radius 3 is 2.18 bits per heavy atom. The first-order valence-electron chi connectivity index (χ1n) is 10.8. The molecule has 4 fully saturated rings. The van der Waals surface area contributed by atoms with Crippen LogP contribution in [-0.4, -0.2) is 5.91 Å². The molecule has 4 bridgehead atoms. The average molecular weight is 374 g/mol. The highest BCUT2D eigenvalue weighted by atomic mass is 16.2. The Kier molecular flexibility index (Phi) is 3.98. The van der Waals surface area contributed by atoms with Crippen molar-refractivity contribution in [2.75, 3.05) is 5.32 Å². The van der Waals surface area contributed by atoms with E-state index in [2.05, 4.69) is 68.6 Å². The van der Waals surface area contributed by atoms with Crippen LogP contribution in [0.2, 0.25) is 0 Å². The lowest BCUT2D eigenvalue weighted by Crippen LogP contribution is -2.58. The zero-order valence-corrected chi connectivity index (χ0v) is 17.3. The molecule has 0 heterocycles. The number of aryl methyl sites for hydroxylation is 3. The summed E-state index contributed by atoms with van der Waals surface area (Å²) in [7, 11) is 0. The van der Waals surface area contributed by atoms with Crippen LogP contribution in [0, 0.1) is 38.0 Å². The molecule has 0 saturated heterocycles. The third-order valence-electron chi connectivity index (χ3n) is 7.84. The summed E-state index contributed by atoms with van der Waals surface area (Å²) in [6.07, 6.45) is 7.04. The minimum absolute atomic E-state index is 0.188. The van der Waals surface area contributed by atoms with Gasteiger partial charge in [0, 0.05) is 5.69 Å². The van der Waals surface area contributed by atoms with Gasteiger partial charge in [-0.25, -0.2) is 0 Å². The molecule has 2 heteroatoms. The fourth-order valence-electron chi connectivity index (χ4n) is 6.98. The topological polar surface area (TPSA) is 29.1 Å². The van der Waals surface area contributed by atoms with Crippen LogP contribution in [0.15, 0.2) is 42.5 Å². The molecule has 2 aromatic carbocycles. The maximum atomic E-state index is 13.6. The molecule has 4 aliphatic rings. The number of hydrogen-bond donors (Lipinski definition) is 1. The Balaban J connectivity index is 1.47. The normalized spacial score (nSPS) is 33.1. The molecule has 146 valence electrons. The molecule has 1 amide bonds. The van der Waals surface area contributed by atoms with Crippen molar-refractivity contribution < 1.29 is 4.79 Å². The molecular weight excluding hydrogens is 342 g/mol. The first-order chi connectivity index (χ1) is 13.4. The van der Waals surface area contributed by atoms with Crippen LogP contribution in [0.4, 0.5) is 5.69 Å². The molecule has 0 radical (unpaired) electrons. The predicted molar refractivity (Wildman–Crippen MR) is 115 cm³/mol. The third-order valence-corrected chi connectivity index (χ3v) is 7.84. The Morgan fingerprint density at radius 1 is 0.893 bits per heavy atom. The smallest absolute Gasteiger partial charge is 0.230 e. The van der Waals surface area contributed by atoms with Gasteiger partial charge < -0.3 is 5.32 Å². The van der Waals surface area contributed by atoms with Gasteiger partial charge in [0.2, 0.25) is 5.91 Å². The van der Waals surface area contributed by atoms with Gasteiger partial charge >= 0.3 is 0 Å². The first kappa shape index (κ1) is 18.0. The molecular formula is C26H31NO. The zero-order chi connectivity index (χ0) is 19.5. The minimum atomic E-state index is -0.188. The van der Waals surface area contributed by atoms with E-state index in [0.717, 1.165) is 30.5 Å². The maximum Gasteiger partial charge on any atom is 0.230 e. The quantitative estimate of drug-likeness (QED) is 0.693. The zero-order valence-electron chi connectivity index (χ0n) is 17.3. The van der Waals surface area contributed by atoms with Crippen molar-refractivity contribution in [3.05, 3.63) is 64.7 Å². The number of carbonyl (C=O) groups is 1. The van der Waals surface area contributed by atoms with Crippen LogP contribution in [-0.2, 0) is 10.2 Å². The van der Waals surface area contributed by atoms with E-state index >= 15 is 0 Å². The first-order valence-corrected chi connectivity index (χ1v) is 10.8. The molecule has 4 aliphatic carbocycles. The van der Waals surface area contributed by atoms with Gasteiger partial charge in [0.1, 0.15) is 0 Å². The van der Waals surface area contributed by atoms with Gasteiger partial charge in [-0.05, 0) is 93.7 Å². The molecule has 2 aromatic rings.